The van der Waals surface area contributed by atoms with Crippen molar-refractivity contribution in [2.45, 2.75) is 19.3 Å². The summed E-state index contributed by atoms with van der Waals surface area (Å²) in [6.07, 6.45) is 10.6. The van der Waals surface area contributed by atoms with Crippen LogP contribution in [0.25, 0.3) is 11.3 Å². The largest absolute Gasteiger partial charge is 0.457 e. The van der Waals surface area contributed by atoms with Gasteiger partial charge >= 0.3 is 0 Å². The lowest BCUT2D eigenvalue weighted by Crippen LogP contribution is -2.26. The summed E-state index contributed by atoms with van der Waals surface area (Å²) in [5.41, 5.74) is 7.22. The molecular formula is C31H28NO+. The van der Waals surface area contributed by atoms with E-state index in [4.69, 9.17) is 4.74 Å². The van der Waals surface area contributed by atoms with Crippen LogP contribution in [0.2, 0.25) is 0 Å². The topological polar surface area (TPSA) is 12.2 Å². The number of fused-ring (bicyclic) bond motifs is 1. The van der Waals surface area contributed by atoms with Crippen molar-refractivity contribution >= 4 is 22.7 Å². The summed E-state index contributed by atoms with van der Waals surface area (Å²) in [5, 5.41) is 0. The smallest absolute Gasteiger partial charge is 0.209 e. The third-order valence-corrected chi connectivity index (χ3v) is 6.43. The molecule has 0 spiro atoms. The Balaban J connectivity index is 1.49. The Morgan fingerprint density at radius 2 is 1.39 bits per heavy atom. The maximum atomic E-state index is 6.30. The lowest BCUT2D eigenvalue weighted by molar-refractivity contribution is -0.401. The zero-order valence-electron chi connectivity index (χ0n) is 19.3. The third-order valence-electron chi connectivity index (χ3n) is 6.43. The highest BCUT2D eigenvalue weighted by molar-refractivity contribution is 6.03. The summed E-state index contributed by atoms with van der Waals surface area (Å²) in [7, 11) is 2.14. The number of hydrogen-bond acceptors (Lipinski definition) is 1. The molecule has 5 rings (SSSR count). The fourth-order valence-electron chi connectivity index (χ4n) is 4.68. The fourth-order valence-corrected chi connectivity index (χ4v) is 4.68. The summed E-state index contributed by atoms with van der Waals surface area (Å²) in [6.45, 7) is 4.56. The number of rotatable bonds is 4. The van der Waals surface area contributed by atoms with Crippen molar-refractivity contribution in [2.75, 3.05) is 7.05 Å². The molecule has 0 atom stereocenters. The van der Waals surface area contributed by atoms with Crippen molar-refractivity contribution in [3.05, 3.63) is 138 Å². The van der Waals surface area contributed by atoms with Crippen LogP contribution >= 0.6 is 0 Å². The van der Waals surface area contributed by atoms with Gasteiger partial charge in [0.15, 0.2) is 5.71 Å². The van der Waals surface area contributed by atoms with E-state index in [0.29, 0.717) is 0 Å². The van der Waals surface area contributed by atoms with Gasteiger partial charge in [-0.05, 0) is 43.2 Å². The number of para-hydroxylation sites is 1. The Labute approximate surface area is 196 Å². The SMILES string of the molecule is C[N+]1=C(C=CC=C2C=C(c3ccccc3)C=C(c3ccccc3)O2)C(C)(C)c2ccccc21. The van der Waals surface area contributed by atoms with Gasteiger partial charge in [0.25, 0.3) is 0 Å². The second-order valence-corrected chi connectivity index (χ2v) is 8.96. The molecule has 2 heteroatoms. The van der Waals surface area contributed by atoms with Crippen LogP contribution in [-0.4, -0.2) is 17.3 Å². The van der Waals surface area contributed by atoms with E-state index in [0.717, 1.165) is 22.7 Å². The van der Waals surface area contributed by atoms with Crippen molar-refractivity contribution in [3.8, 4) is 0 Å². The van der Waals surface area contributed by atoms with E-state index >= 15 is 0 Å². The highest BCUT2D eigenvalue weighted by atomic mass is 16.5. The van der Waals surface area contributed by atoms with Crippen LogP contribution in [0.3, 0.4) is 0 Å². The molecule has 3 aromatic rings. The molecule has 2 aliphatic heterocycles. The predicted molar refractivity (Wildman–Crippen MR) is 137 cm³/mol. The first-order chi connectivity index (χ1) is 16.0. The van der Waals surface area contributed by atoms with Gasteiger partial charge in [-0.2, -0.15) is 4.58 Å². The van der Waals surface area contributed by atoms with Crippen LogP contribution in [0, 0.1) is 0 Å². The molecule has 2 aliphatic rings. The summed E-state index contributed by atoms with van der Waals surface area (Å²) >= 11 is 0. The van der Waals surface area contributed by atoms with E-state index in [2.05, 4.69) is 117 Å². The molecule has 0 aromatic heterocycles. The minimum absolute atomic E-state index is 0.0477. The Bertz CT molecular complexity index is 1340. The first kappa shape index (κ1) is 21.0. The molecule has 0 fully saturated rings. The molecule has 2 heterocycles. The third kappa shape index (κ3) is 4.01. The van der Waals surface area contributed by atoms with Crippen molar-refractivity contribution in [2.24, 2.45) is 0 Å². The second kappa shape index (κ2) is 8.55. The molecule has 2 nitrogen and oxygen atoms in total. The van der Waals surface area contributed by atoms with E-state index < -0.39 is 0 Å². The quantitative estimate of drug-likeness (QED) is 0.396. The van der Waals surface area contributed by atoms with Gasteiger partial charge in [-0.15, -0.1) is 0 Å². The molecule has 0 unspecified atom stereocenters. The zero-order chi connectivity index (χ0) is 22.8. The van der Waals surface area contributed by atoms with Crippen molar-refractivity contribution < 1.29 is 9.31 Å². The predicted octanol–water partition coefficient (Wildman–Crippen LogP) is 7.29. The van der Waals surface area contributed by atoms with Gasteiger partial charge in [-0.1, -0.05) is 84.9 Å². The normalized spacial score (nSPS) is 18.2. The Hall–Kier alpha value is -3.91. The minimum Gasteiger partial charge on any atom is -0.457 e. The van der Waals surface area contributed by atoms with Crippen molar-refractivity contribution in [1.82, 2.24) is 0 Å². The maximum absolute atomic E-state index is 6.30. The minimum atomic E-state index is -0.0477. The van der Waals surface area contributed by atoms with E-state index in [-0.39, 0.29) is 5.41 Å². The van der Waals surface area contributed by atoms with Gasteiger partial charge in [0, 0.05) is 23.3 Å². The molecule has 0 N–H and O–H groups in total. The Morgan fingerprint density at radius 1 is 0.758 bits per heavy atom. The molecule has 0 saturated heterocycles. The molecule has 33 heavy (non-hydrogen) atoms. The summed E-state index contributed by atoms with van der Waals surface area (Å²) in [6, 6.07) is 29.3. The van der Waals surface area contributed by atoms with E-state index in [1.54, 1.807) is 0 Å². The monoisotopic (exact) mass is 430 g/mol. The average molecular weight is 431 g/mol. The van der Waals surface area contributed by atoms with Crippen molar-refractivity contribution in [3.63, 3.8) is 0 Å². The lowest BCUT2D eigenvalue weighted by atomic mass is 9.81. The molecule has 0 aliphatic carbocycles. The molecule has 0 amide bonds. The lowest BCUT2D eigenvalue weighted by Gasteiger charge is -2.18. The van der Waals surface area contributed by atoms with Gasteiger partial charge < -0.3 is 4.74 Å². The van der Waals surface area contributed by atoms with Gasteiger partial charge in [0.1, 0.15) is 18.6 Å². The van der Waals surface area contributed by atoms with E-state index in [9.17, 15) is 0 Å². The summed E-state index contributed by atoms with van der Waals surface area (Å²) in [5.74, 6) is 1.68. The fraction of sp³-hybridized carbons (Fsp3) is 0.129. The number of allylic oxidation sites excluding steroid dienone is 6. The number of ether oxygens (including phenoxy) is 1. The zero-order valence-corrected chi connectivity index (χ0v) is 19.3. The average Bonchev–Trinajstić information content (AvgIpc) is 3.05. The highest BCUT2D eigenvalue weighted by Gasteiger charge is 2.42. The van der Waals surface area contributed by atoms with E-state index in [1.165, 1.54) is 22.5 Å². The molecular weight excluding hydrogens is 402 g/mol. The number of nitrogens with zero attached hydrogens (tertiary/aromatic N) is 1. The molecule has 3 aromatic carbocycles. The van der Waals surface area contributed by atoms with Crippen LogP contribution in [-0.2, 0) is 10.2 Å². The van der Waals surface area contributed by atoms with Crippen LogP contribution in [0.15, 0.2) is 121 Å². The van der Waals surface area contributed by atoms with E-state index in [1.807, 2.05) is 24.3 Å². The van der Waals surface area contributed by atoms with Crippen LogP contribution in [0.5, 0.6) is 0 Å². The first-order valence-electron chi connectivity index (χ1n) is 11.4. The highest BCUT2D eigenvalue weighted by Crippen LogP contribution is 2.39. The summed E-state index contributed by atoms with van der Waals surface area (Å²) in [4.78, 5) is 0. The molecule has 162 valence electrons. The molecule has 0 saturated carbocycles. The Morgan fingerprint density at radius 3 is 2.09 bits per heavy atom. The second-order valence-electron chi connectivity index (χ2n) is 8.96. The number of hydrogen-bond donors (Lipinski definition) is 0. The van der Waals surface area contributed by atoms with Gasteiger partial charge in [-0.25, -0.2) is 0 Å². The number of benzene rings is 3. The van der Waals surface area contributed by atoms with Gasteiger partial charge in [-0.3, -0.25) is 0 Å². The van der Waals surface area contributed by atoms with Crippen LogP contribution in [0.1, 0.15) is 30.5 Å². The van der Waals surface area contributed by atoms with Gasteiger partial charge in [0.05, 0.1) is 5.41 Å². The molecule has 0 radical (unpaired) electrons. The van der Waals surface area contributed by atoms with Gasteiger partial charge in [0.2, 0.25) is 5.69 Å². The van der Waals surface area contributed by atoms with Crippen LogP contribution < -0.4 is 0 Å². The Kier molecular flexibility index (Phi) is 5.43. The maximum Gasteiger partial charge on any atom is 0.209 e. The first-order valence-corrected chi connectivity index (χ1v) is 11.4. The molecule has 0 bridgehead atoms. The van der Waals surface area contributed by atoms with Crippen molar-refractivity contribution in [1.29, 1.82) is 0 Å². The standard InChI is InChI=1S/C31H28NO/c1-31(2)27-18-10-11-19-28(27)32(3)30(31)20-12-17-26-21-25(23-13-6-4-7-14-23)22-29(33-26)24-15-8-5-9-16-24/h4-22H,1-3H3/q+1. The summed E-state index contributed by atoms with van der Waals surface area (Å²) < 4.78 is 8.59. The van der Waals surface area contributed by atoms with Crippen LogP contribution in [0.4, 0.5) is 5.69 Å².